The van der Waals surface area contributed by atoms with Gasteiger partial charge in [0.2, 0.25) is 0 Å². The second kappa shape index (κ2) is 3.72. The third-order valence-corrected chi connectivity index (χ3v) is 2.25. The molecule has 2 atom stereocenters. The van der Waals surface area contributed by atoms with Crippen LogP contribution in [0.3, 0.4) is 0 Å². The number of amides is 2. The van der Waals surface area contributed by atoms with E-state index < -0.39 is 18.2 Å². The molecule has 0 aromatic rings. The Kier molecular flexibility index (Phi) is 2.85. The fourth-order valence-corrected chi connectivity index (χ4v) is 1.57. The SMILES string of the molecule is CCC(=O)[C@@H]1C[C@H](F)CN1C(N)=O. The summed E-state index contributed by atoms with van der Waals surface area (Å²) in [5, 5.41) is 0. The molecule has 0 saturated carbocycles. The Labute approximate surface area is 75.9 Å². The van der Waals surface area contributed by atoms with Crippen molar-refractivity contribution in [3.63, 3.8) is 0 Å². The van der Waals surface area contributed by atoms with Crippen molar-refractivity contribution >= 4 is 11.8 Å². The maximum atomic E-state index is 12.9. The Morgan fingerprint density at radius 2 is 2.23 bits per heavy atom. The van der Waals surface area contributed by atoms with Gasteiger partial charge in [0.1, 0.15) is 6.17 Å². The van der Waals surface area contributed by atoms with Crippen molar-refractivity contribution in [1.29, 1.82) is 0 Å². The fourth-order valence-electron chi connectivity index (χ4n) is 1.57. The number of alkyl halides is 1. The van der Waals surface area contributed by atoms with Gasteiger partial charge in [0.05, 0.1) is 12.6 Å². The normalized spacial score (nSPS) is 27.7. The van der Waals surface area contributed by atoms with Crippen LogP contribution in [0.4, 0.5) is 9.18 Å². The number of hydrogen-bond acceptors (Lipinski definition) is 2. The second-order valence-corrected chi connectivity index (χ2v) is 3.16. The molecule has 1 rings (SSSR count). The number of nitrogens with two attached hydrogens (primary N) is 1. The summed E-state index contributed by atoms with van der Waals surface area (Å²) in [7, 11) is 0. The van der Waals surface area contributed by atoms with E-state index >= 15 is 0 Å². The summed E-state index contributed by atoms with van der Waals surface area (Å²) in [6.45, 7) is 1.64. The minimum absolute atomic E-state index is 0.0499. The van der Waals surface area contributed by atoms with Crippen molar-refractivity contribution in [3.8, 4) is 0 Å². The molecule has 0 aliphatic carbocycles. The lowest BCUT2D eigenvalue weighted by Crippen LogP contribution is -2.43. The quantitative estimate of drug-likeness (QED) is 0.684. The lowest BCUT2D eigenvalue weighted by Gasteiger charge is -2.19. The van der Waals surface area contributed by atoms with E-state index in [2.05, 4.69) is 0 Å². The second-order valence-electron chi connectivity index (χ2n) is 3.16. The molecular weight excluding hydrogens is 175 g/mol. The molecule has 5 heteroatoms. The van der Waals surface area contributed by atoms with Crippen LogP contribution >= 0.6 is 0 Å². The molecule has 1 heterocycles. The van der Waals surface area contributed by atoms with Crippen LogP contribution in [0.5, 0.6) is 0 Å². The Hall–Kier alpha value is -1.13. The van der Waals surface area contributed by atoms with Crippen LogP contribution in [0.25, 0.3) is 0 Å². The zero-order chi connectivity index (χ0) is 10.0. The molecule has 2 N–H and O–H groups in total. The van der Waals surface area contributed by atoms with Gasteiger partial charge in [-0.1, -0.05) is 6.92 Å². The summed E-state index contributed by atoms with van der Waals surface area (Å²) >= 11 is 0. The first-order valence-corrected chi connectivity index (χ1v) is 4.29. The predicted molar refractivity (Wildman–Crippen MR) is 44.9 cm³/mol. The maximum absolute atomic E-state index is 12.9. The Morgan fingerprint density at radius 3 is 2.69 bits per heavy atom. The molecular formula is C8H13FN2O2. The molecule has 13 heavy (non-hydrogen) atoms. The Bertz CT molecular complexity index is 232. The summed E-state index contributed by atoms with van der Waals surface area (Å²) in [6, 6.07) is -1.36. The van der Waals surface area contributed by atoms with Gasteiger partial charge in [0, 0.05) is 12.8 Å². The highest BCUT2D eigenvalue weighted by molar-refractivity contribution is 5.88. The minimum Gasteiger partial charge on any atom is -0.351 e. The molecule has 1 aliphatic rings. The monoisotopic (exact) mass is 188 g/mol. The van der Waals surface area contributed by atoms with Gasteiger partial charge in [-0.05, 0) is 0 Å². The molecule has 0 unspecified atom stereocenters. The van der Waals surface area contributed by atoms with E-state index in [1.54, 1.807) is 6.92 Å². The fraction of sp³-hybridized carbons (Fsp3) is 0.750. The molecule has 0 radical (unpaired) electrons. The van der Waals surface area contributed by atoms with Crippen molar-refractivity contribution in [3.05, 3.63) is 0 Å². The van der Waals surface area contributed by atoms with Gasteiger partial charge in [0.25, 0.3) is 0 Å². The lowest BCUT2D eigenvalue weighted by atomic mass is 10.1. The summed E-state index contributed by atoms with van der Waals surface area (Å²) in [5.74, 6) is -0.126. The predicted octanol–water partition coefficient (Wildman–Crippen LogP) is 0.457. The van der Waals surface area contributed by atoms with E-state index in [0.29, 0.717) is 6.42 Å². The highest BCUT2D eigenvalue weighted by Gasteiger charge is 2.37. The van der Waals surface area contributed by atoms with E-state index in [1.165, 1.54) is 0 Å². The van der Waals surface area contributed by atoms with Crippen LogP contribution in [-0.2, 0) is 4.79 Å². The van der Waals surface area contributed by atoms with Crippen LogP contribution in [0.15, 0.2) is 0 Å². The Balaban J connectivity index is 2.71. The van der Waals surface area contributed by atoms with Gasteiger partial charge >= 0.3 is 6.03 Å². The van der Waals surface area contributed by atoms with Gasteiger partial charge in [-0.3, -0.25) is 4.79 Å². The van der Waals surface area contributed by atoms with Crippen molar-refractivity contribution in [2.45, 2.75) is 32.0 Å². The third-order valence-electron chi connectivity index (χ3n) is 2.25. The molecule has 0 aromatic carbocycles. The first-order valence-electron chi connectivity index (χ1n) is 4.29. The summed E-state index contributed by atoms with van der Waals surface area (Å²) < 4.78 is 12.9. The molecule has 74 valence electrons. The summed E-state index contributed by atoms with van der Waals surface area (Å²) in [5.41, 5.74) is 5.01. The molecule has 4 nitrogen and oxygen atoms in total. The van der Waals surface area contributed by atoms with E-state index in [1.807, 2.05) is 0 Å². The highest BCUT2D eigenvalue weighted by Crippen LogP contribution is 2.21. The first kappa shape index (κ1) is 9.95. The zero-order valence-electron chi connectivity index (χ0n) is 7.50. The average molecular weight is 188 g/mol. The molecule has 0 aromatic heterocycles. The molecule has 1 fully saturated rings. The van der Waals surface area contributed by atoms with Gasteiger partial charge < -0.3 is 10.6 Å². The largest absolute Gasteiger partial charge is 0.351 e. The number of halogens is 1. The molecule has 1 saturated heterocycles. The average Bonchev–Trinajstić information content (AvgIpc) is 2.46. The standard InChI is InChI=1S/C8H13FN2O2/c1-2-7(12)6-3-5(9)4-11(6)8(10)13/h5-6H,2-4H2,1H3,(H2,10,13)/t5-,6-/m0/s1. The van der Waals surface area contributed by atoms with Gasteiger partial charge in [-0.2, -0.15) is 0 Å². The molecule has 2 amide bonds. The molecule has 1 aliphatic heterocycles. The zero-order valence-corrected chi connectivity index (χ0v) is 7.50. The van der Waals surface area contributed by atoms with Crippen LogP contribution < -0.4 is 5.73 Å². The number of hydrogen-bond donors (Lipinski definition) is 1. The van der Waals surface area contributed by atoms with Crippen LogP contribution in [0, 0.1) is 0 Å². The highest BCUT2D eigenvalue weighted by atomic mass is 19.1. The number of rotatable bonds is 2. The number of carbonyl (C=O) groups is 2. The van der Waals surface area contributed by atoms with E-state index in [4.69, 9.17) is 5.73 Å². The van der Waals surface area contributed by atoms with Gasteiger partial charge in [-0.25, -0.2) is 9.18 Å². The molecule has 0 bridgehead atoms. The smallest absolute Gasteiger partial charge is 0.315 e. The number of carbonyl (C=O) groups excluding carboxylic acids is 2. The van der Waals surface area contributed by atoms with Crippen molar-refractivity contribution in [2.24, 2.45) is 5.73 Å². The molecule has 0 spiro atoms. The lowest BCUT2D eigenvalue weighted by molar-refractivity contribution is -0.122. The van der Waals surface area contributed by atoms with Gasteiger partial charge in [-0.15, -0.1) is 0 Å². The van der Waals surface area contributed by atoms with E-state index in [-0.39, 0.29) is 18.7 Å². The summed E-state index contributed by atoms with van der Waals surface area (Å²) in [6.07, 6.45) is -0.718. The van der Waals surface area contributed by atoms with Crippen LogP contribution in [-0.4, -0.2) is 35.5 Å². The minimum atomic E-state index is -1.12. The number of Topliss-reactive ketones (excluding diaryl/α,β-unsaturated/α-hetero) is 1. The summed E-state index contributed by atoms with van der Waals surface area (Å²) in [4.78, 5) is 23.2. The number of nitrogens with zero attached hydrogens (tertiary/aromatic N) is 1. The van der Waals surface area contributed by atoms with Gasteiger partial charge in [0.15, 0.2) is 5.78 Å². The Morgan fingerprint density at radius 1 is 1.62 bits per heavy atom. The van der Waals surface area contributed by atoms with Crippen molar-refractivity contribution < 1.29 is 14.0 Å². The number of urea groups is 1. The number of likely N-dealkylation sites (tertiary alicyclic amines) is 1. The first-order chi connectivity index (χ1) is 6.06. The third kappa shape index (κ3) is 1.96. The maximum Gasteiger partial charge on any atom is 0.315 e. The van der Waals surface area contributed by atoms with Crippen LogP contribution in [0.2, 0.25) is 0 Å². The van der Waals surface area contributed by atoms with Crippen LogP contribution in [0.1, 0.15) is 19.8 Å². The topological polar surface area (TPSA) is 63.4 Å². The van der Waals surface area contributed by atoms with E-state index in [0.717, 1.165) is 4.90 Å². The van der Waals surface area contributed by atoms with Crippen molar-refractivity contribution in [2.75, 3.05) is 6.54 Å². The number of ketones is 1. The van der Waals surface area contributed by atoms with E-state index in [9.17, 15) is 14.0 Å². The van der Waals surface area contributed by atoms with Crippen molar-refractivity contribution in [1.82, 2.24) is 4.90 Å². The number of primary amides is 1.